The molecule has 1 fully saturated rings. The summed E-state index contributed by atoms with van der Waals surface area (Å²) in [5, 5.41) is 12.8. The van der Waals surface area contributed by atoms with Crippen molar-refractivity contribution >= 4 is 5.91 Å². The molecule has 0 heterocycles. The van der Waals surface area contributed by atoms with Gasteiger partial charge in [-0.2, -0.15) is 0 Å². The molecular formula is C13H21NO2. The number of amides is 1. The molecule has 0 aliphatic heterocycles. The second kappa shape index (κ2) is 6.55. The molecule has 3 nitrogen and oxygen atoms in total. The minimum Gasteiger partial charge on any atom is -0.388 e. The van der Waals surface area contributed by atoms with Gasteiger partial charge in [0, 0.05) is 19.4 Å². The van der Waals surface area contributed by atoms with Crippen LogP contribution in [0.1, 0.15) is 51.4 Å². The topological polar surface area (TPSA) is 49.3 Å². The molecular weight excluding hydrogens is 202 g/mol. The number of carbonyl (C=O) groups is 1. The number of rotatable bonds is 6. The lowest BCUT2D eigenvalue weighted by Gasteiger charge is -2.22. The molecule has 0 unspecified atom stereocenters. The highest BCUT2D eigenvalue weighted by Crippen LogP contribution is 2.28. The standard InChI is InChI=1S/C13H21NO2/c1-2-3-4-5-8-12(15)14-11-13(16)9-6-7-10-13/h1,16H,3-11H2,(H,14,15). The number of nitrogens with one attached hydrogen (secondary N) is 1. The smallest absolute Gasteiger partial charge is 0.220 e. The second-order valence-corrected chi connectivity index (χ2v) is 4.62. The van der Waals surface area contributed by atoms with Gasteiger partial charge in [0.25, 0.3) is 0 Å². The first-order valence-electron chi connectivity index (χ1n) is 6.09. The summed E-state index contributed by atoms with van der Waals surface area (Å²) in [5.74, 6) is 2.58. The normalized spacial score (nSPS) is 18.0. The Morgan fingerprint density at radius 1 is 1.38 bits per heavy atom. The SMILES string of the molecule is C#CCCCCC(=O)NCC1(O)CCCC1. The summed E-state index contributed by atoms with van der Waals surface area (Å²) in [5.41, 5.74) is -0.644. The van der Waals surface area contributed by atoms with E-state index in [2.05, 4.69) is 11.2 Å². The molecule has 1 amide bonds. The van der Waals surface area contributed by atoms with Gasteiger partial charge in [0.2, 0.25) is 5.91 Å². The molecule has 0 saturated heterocycles. The van der Waals surface area contributed by atoms with Gasteiger partial charge in [-0.3, -0.25) is 4.79 Å². The van der Waals surface area contributed by atoms with Crippen LogP contribution in [0, 0.1) is 12.3 Å². The number of terminal acetylenes is 1. The van der Waals surface area contributed by atoms with Crippen molar-refractivity contribution in [2.45, 2.75) is 57.0 Å². The van der Waals surface area contributed by atoms with Crippen LogP contribution in [0.3, 0.4) is 0 Å². The zero-order chi connectivity index (χ0) is 11.9. The van der Waals surface area contributed by atoms with Gasteiger partial charge in [0.1, 0.15) is 0 Å². The van der Waals surface area contributed by atoms with Gasteiger partial charge in [0.15, 0.2) is 0 Å². The summed E-state index contributed by atoms with van der Waals surface area (Å²) >= 11 is 0. The zero-order valence-electron chi connectivity index (χ0n) is 9.80. The van der Waals surface area contributed by atoms with E-state index in [1.54, 1.807) is 0 Å². The van der Waals surface area contributed by atoms with Crippen molar-refractivity contribution in [3.8, 4) is 12.3 Å². The molecule has 0 aromatic carbocycles. The van der Waals surface area contributed by atoms with E-state index in [1.165, 1.54) is 0 Å². The Kier molecular flexibility index (Phi) is 5.34. The van der Waals surface area contributed by atoms with Crippen LogP contribution in [0.5, 0.6) is 0 Å². The average Bonchev–Trinajstić information content (AvgIpc) is 2.70. The molecule has 1 rings (SSSR count). The van der Waals surface area contributed by atoms with Crippen LogP contribution < -0.4 is 5.32 Å². The van der Waals surface area contributed by atoms with Gasteiger partial charge in [-0.1, -0.05) is 12.8 Å². The first-order valence-corrected chi connectivity index (χ1v) is 6.09. The number of hydrogen-bond donors (Lipinski definition) is 2. The van der Waals surface area contributed by atoms with Gasteiger partial charge >= 0.3 is 0 Å². The molecule has 0 radical (unpaired) electrons. The zero-order valence-corrected chi connectivity index (χ0v) is 9.80. The van der Waals surface area contributed by atoms with E-state index >= 15 is 0 Å². The molecule has 1 aliphatic carbocycles. The van der Waals surface area contributed by atoms with E-state index in [4.69, 9.17) is 6.42 Å². The van der Waals surface area contributed by atoms with Crippen molar-refractivity contribution in [2.75, 3.05) is 6.54 Å². The monoisotopic (exact) mass is 223 g/mol. The summed E-state index contributed by atoms with van der Waals surface area (Å²) in [6, 6.07) is 0. The molecule has 0 bridgehead atoms. The molecule has 16 heavy (non-hydrogen) atoms. The molecule has 90 valence electrons. The maximum atomic E-state index is 11.4. The molecule has 0 spiro atoms. The lowest BCUT2D eigenvalue weighted by atomic mass is 10.0. The van der Waals surface area contributed by atoms with Gasteiger partial charge in [-0.25, -0.2) is 0 Å². The molecule has 0 aromatic heterocycles. The minimum absolute atomic E-state index is 0.0253. The number of carbonyl (C=O) groups excluding carboxylic acids is 1. The largest absolute Gasteiger partial charge is 0.388 e. The van der Waals surface area contributed by atoms with Crippen LogP contribution in [0.25, 0.3) is 0 Å². The van der Waals surface area contributed by atoms with Crippen LogP contribution in [0.2, 0.25) is 0 Å². The molecule has 1 aliphatic rings. The van der Waals surface area contributed by atoms with E-state index in [0.29, 0.717) is 13.0 Å². The maximum Gasteiger partial charge on any atom is 0.220 e. The quantitative estimate of drug-likeness (QED) is 0.531. The van der Waals surface area contributed by atoms with Crippen LogP contribution >= 0.6 is 0 Å². The van der Waals surface area contributed by atoms with Gasteiger partial charge in [0.05, 0.1) is 5.60 Å². The Bertz CT molecular complexity index is 262. The predicted octanol–water partition coefficient (Wildman–Crippen LogP) is 1.60. The van der Waals surface area contributed by atoms with Crippen molar-refractivity contribution in [3.63, 3.8) is 0 Å². The number of aliphatic hydroxyl groups is 1. The van der Waals surface area contributed by atoms with Gasteiger partial charge in [-0.05, 0) is 25.7 Å². The number of unbranched alkanes of at least 4 members (excludes halogenated alkanes) is 2. The van der Waals surface area contributed by atoms with E-state index in [-0.39, 0.29) is 5.91 Å². The van der Waals surface area contributed by atoms with Gasteiger partial charge < -0.3 is 10.4 Å². The van der Waals surface area contributed by atoms with E-state index in [1.807, 2.05) is 0 Å². The van der Waals surface area contributed by atoms with Crippen molar-refractivity contribution in [1.82, 2.24) is 5.32 Å². The fourth-order valence-electron chi connectivity index (χ4n) is 2.07. The summed E-state index contributed by atoms with van der Waals surface area (Å²) < 4.78 is 0. The Hall–Kier alpha value is -1.01. The second-order valence-electron chi connectivity index (χ2n) is 4.62. The van der Waals surface area contributed by atoms with E-state index in [9.17, 15) is 9.90 Å². The first kappa shape index (κ1) is 13.1. The van der Waals surface area contributed by atoms with Crippen molar-refractivity contribution < 1.29 is 9.90 Å². The highest BCUT2D eigenvalue weighted by molar-refractivity contribution is 5.75. The van der Waals surface area contributed by atoms with Crippen LogP contribution in [0.4, 0.5) is 0 Å². The highest BCUT2D eigenvalue weighted by Gasteiger charge is 2.31. The first-order chi connectivity index (χ1) is 7.66. The van der Waals surface area contributed by atoms with Crippen molar-refractivity contribution in [2.24, 2.45) is 0 Å². The fraction of sp³-hybridized carbons (Fsp3) is 0.769. The van der Waals surface area contributed by atoms with Crippen molar-refractivity contribution in [3.05, 3.63) is 0 Å². The molecule has 2 N–H and O–H groups in total. The molecule has 3 heteroatoms. The third-order valence-electron chi connectivity index (χ3n) is 3.12. The van der Waals surface area contributed by atoms with E-state index < -0.39 is 5.60 Å². The summed E-state index contributed by atoms with van der Waals surface area (Å²) in [6.45, 7) is 0.404. The van der Waals surface area contributed by atoms with Crippen LogP contribution in [-0.4, -0.2) is 23.2 Å². The third-order valence-corrected chi connectivity index (χ3v) is 3.12. The van der Waals surface area contributed by atoms with E-state index in [0.717, 1.165) is 44.9 Å². The highest BCUT2D eigenvalue weighted by atomic mass is 16.3. The lowest BCUT2D eigenvalue weighted by Crippen LogP contribution is -2.40. The third kappa shape index (κ3) is 4.67. The number of hydrogen-bond acceptors (Lipinski definition) is 2. The van der Waals surface area contributed by atoms with Crippen molar-refractivity contribution in [1.29, 1.82) is 0 Å². The molecule has 0 atom stereocenters. The molecule has 1 saturated carbocycles. The molecule has 0 aromatic rings. The summed E-state index contributed by atoms with van der Waals surface area (Å²) in [4.78, 5) is 11.4. The summed E-state index contributed by atoms with van der Waals surface area (Å²) in [6.07, 6.45) is 11.8. The fourth-order valence-corrected chi connectivity index (χ4v) is 2.07. The summed E-state index contributed by atoms with van der Waals surface area (Å²) in [7, 11) is 0. The minimum atomic E-state index is -0.644. The Labute approximate surface area is 97.6 Å². The predicted molar refractivity (Wildman–Crippen MR) is 63.7 cm³/mol. The van der Waals surface area contributed by atoms with Crippen LogP contribution in [-0.2, 0) is 4.79 Å². The Morgan fingerprint density at radius 2 is 2.06 bits per heavy atom. The average molecular weight is 223 g/mol. The lowest BCUT2D eigenvalue weighted by molar-refractivity contribution is -0.122. The Balaban J connectivity index is 2.08. The maximum absolute atomic E-state index is 11.4. The van der Waals surface area contributed by atoms with Gasteiger partial charge in [-0.15, -0.1) is 12.3 Å². The Morgan fingerprint density at radius 3 is 2.69 bits per heavy atom. The van der Waals surface area contributed by atoms with Crippen LogP contribution in [0.15, 0.2) is 0 Å².